The molecule has 5 heteroatoms. The normalized spacial score (nSPS) is 24.7. The van der Waals surface area contributed by atoms with E-state index in [2.05, 4.69) is 27.7 Å². The van der Waals surface area contributed by atoms with Crippen LogP contribution in [0, 0.1) is 5.92 Å². The zero-order chi connectivity index (χ0) is 14.5. The van der Waals surface area contributed by atoms with Crippen LogP contribution < -0.4 is 0 Å². The van der Waals surface area contributed by atoms with Crippen molar-refractivity contribution in [3.63, 3.8) is 0 Å². The second-order valence-corrected chi connectivity index (χ2v) is 6.18. The molecule has 0 saturated carbocycles. The first-order chi connectivity index (χ1) is 10.3. The van der Waals surface area contributed by atoms with Crippen LogP contribution in [-0.2, 0) is 22.6 Å². The summed E-state index contributed by atoms with van der Waals surface area (Å²) in [5.74, 6) is 0.627. The third-order valence-electron chi connectivity index (χ3n) is 4.62. The van der Waals surface area contributed by atoms with E-state index in [1.54, 1.807) is 0 Å². The van der Waals surface area contributed by atoms with Crippen LogP contribution in [0.15, 0.2) is 12.3 Å². The summed E-state index contributed by atoms with van der Waals surface area (Å²) in [4.78, 5) is 2.52. The Hall–Kier alpha value is -0.910. The molecule has 21 heavy (non-hydrogen) atoms. The van der Waals surface area contributed by atoms with E-state index >= 15 is 0 Å². The van der Waals surface area contributed by atoms with Gasteiger partial charge in [0.05, 0.1) is 25.0 Å². The van der Waals surface area contributed by atoms with Gasteiger partial charge in [0, 0.05) is 44.9 Å². The highest BCUT2D eigenvalue weighted by Gasteiger charge is 2.23. The Morgan fingerprint density at radius 1 is 1.33 bits per heavy atom. The number of nitrogens with zero attached hydrogens (tertiary/aromatic N) is 3. The average molecular weight is 293 g/mol. The fraction of sp³-hybridized carbons (Fsp3) is 0.812. The van der Waals surface area contributed by atoms with E-state index in [-0.39, 0.29) is 0 Å². The van der Waals surface area contributed by atoms with Crippen molar-refractivity contribution in [1.82, 2.24) is 14.7 Å². The van der Waals surface area contributed by atoms with Crippen molar-refractivity contribution in [3.05, 3.63) is 18.0 Å². The fourth-order valence-electron chi connectivity index (χ4n) is 3.23. The molecule has 0 unspecified atom stereocenters. The fourth-order valence-corrected chi connectivity index (χ4v) is 3.23. The molecular formula is C16H27N3O2. The van der Waals surface area contributed by atoms with E-state index in [9.17, 15) is 0 Å². The van der Waals surface area contributed by atoms with Crippen molar-refractivity contribution in [3.8, 4) is 0 Å². The molecule has 2 aliphatic heterocycles. The molecule has 0 radical (unpaired) electrons. The third kappa shape index (κ3) is 4.05. The minimum atomic E-state index is 0.443. The quantitative estimate of drug-likeness (QED) is 0.803. The standard InChI is InChI=1S/C16H27N3O2/c1-2-19-15(3-7-17-19)11-18-8-4-16(5-9-18)21-13-14-6-10-20-12-14/h3,7,14,16H,2,4-6,8-13H2,1H3/t14-/m0/s1. The van der Waals surface area contributed by atoms with Gasteiger partial charge in [0.25, 0.3) is 0 Å². The van der Waals surface area contributed by atoms with Crippen LogP contribution in [0.1, 0.15) is 31.9 Å². The number of likely N-dealkylation sites (tertiary alicyclic amines) is 1. The molecule has 0 N–H and O–H groups in total. The van der Waals surface area contributed by atoms with Gasteiger partial charge in [0.2, 0.25) is 0 Å². The zero-order valence-corrected chi connectivity index (χ0v) is 13.0. The molecule has 0 amide bonds. The molecule has 0 spiro atoms. The SMILES string of the molecule is CCn1nccc1CN1CCC(OC[C@H]2CCOC2)CC1. The summed E-state index contributed by atoms with van der Waals surface area (Å²) in [6.45, 7) is 9.04. The number of hydrogen-bond acceptors (Lipinski definition) is 4. The van der Waals surface area contributed by atoms with E-state index in [1.165, 1.54) is 12.1 Å². The van der Waals surface area contributed by atoms with Crippen LogP contribution in [0.4, 0.5) is 0 Å². The first-order valence-electron chi connectivity index (χ1n) is 8.27. The van der Waals surface area contributed by atoms with Crippen LogP contribution in [0.2, 0.25) is 0 Å². The Morgan fingerprint density at radius 2 is 2.19 bits per heavy atom. The predicted octanol–water partition coefficient (Wildman–Crippen LogP) is 1.92. The summed E-state index contributed by atoms with van der Waals surface area (Å²) in [6.07, 6.45) is 5.80. The molecule has 5 nitrogen and oxygen atoms in total. The number of aryl methyl sites for hydroxylation is 1. The van der Waals surface area contributed by atoms with Gasteiger partial charge in [-0.25, -0.2) is 0 Å². The van der Waals surface area contributed by atoms with Gasteiger partial charge in [0.15, 0.2) is 0 Å². The molecule has 1 atom stereocenters. The first-order valence-corrected chi connectivity index (χ1v) is 8.27. The van der Waals surface area contributed by atoms with Crippen molar-refractivity contribution in [2.45, 2.75) is 45.4 Å². The largest absolute Gasteiger partial charge is 0.381 e. The second kappa shape index (κ2) is 7.38. The number of rotatable bonds is 6. The van der Waals surface area contributed by atoms with Crippen LogP contribution in [0.5, 0.6) is 0 Å². The average Bonchev–Trinajstić information content (AvgIpc) is 3.17. The topological polar surface area (TPSA) is 39.5 Å². The molecule has 0 bridgehead atoms. The lowest BCUT2D eigenvalue weighted by Crippen LogP contribution is -2.37. The van der Waals surface area contributed by atoms with Crippen molar-refractivity contribution in [2.24, 2.45) is 5.92 Å². The van der Waals surface area contributed by atoms with E-state index in [4.69, 9.17) is 9.47 Å². The maximum atomic E-state index is 6.07. The van der Waals surface area contributed by atoms with Crippen LogP contribution in [-0.4, -0.2) is 53.7 Å². The Bertz CT molecular complexity index is 421. The zero-order valence-electron chi connectivity index (χ0n) is 13.0. The summed E-state index contributed by atoms with van der Waals surface area (Å²) in [7, 11) is 0. The molecule has 0 aromatic carbocycles. The van der Waals surface area contributed by atoms with E-state index in [1.807, 2.05) is 6.20 Å². The van der Waals surface area contributed by atoms with Gasteiger partial charge in [-0.2, -0.15) is 5.10 Å². The minimum absolute atomic E-state index is 0.443. The van der Waals surface area contributed by atoms with Crippen molar-refractivity contribution in [2.75, 3.05) is 32.9 Å². The Kier molecular flexibility index (Phi) is 5.27. The number of piperidine rings is 1. The number of ether oxygens (including phenoxy) is 2. The van der Waals surface area contributed by atoms with E-state index < -0.39 is 0 Å². The van der Waals surface area contributed by atoms with Crippen molar-refractivity contribution in [1.29, 1.82) is 0 Å². The number of aromatic nitrogens is 2. The molecule has 2 aliphatic rings. The lowest BCUT2D eigenvalue weighted by atomic mass is 10.1. The molecule has 2 saturated heterocycles. The van der Waals surface area contributed by atoms with Gasteiger partial charge in [-0.3, -0.25) is 9.58 Å². The summed E-state index contributed by atoms with van der Waals surface area (Å²) in [5.41, 5.74) is 1.32. The molecule has 3 rings (SSSR count). The van der Waals surface area contributed by atoms with Crippen LogP contribution >= 0.6 is 0 Å². The molecule has 1 aromatic heterocycles. The van der Waals surface area contributed by atoms with Crippen LogP contribution in [0.25, 0.3) is 0 Å². The predicted molar refractivity (Wildman–Crippen MR) is 81.1 cm³/mol. The molecular weight excluding hydrogens is 266 g/mol. The molecule has 3 heterocycles. The second-order valence-electron chi connectivity index (χ2n) is 6.18. The minimum Gasteiger partial charge on any atom is -0.381 e. The Labute approximate surface area is 127 Å². The maximum Gasteiger partial charge on any atom is 0.0599 e. The van der Waals surface area contributed by atoms with Gasteiger partial charge in [-0.1, -0.05) is 0 Å². The van der Waals surface area contributed by atoms with Gasteiger partial charge >= 0.3 is 0 Å². The molecule has 1 aromatic rings. The lowest BCUT2D eigenvalue weighted by molar-refractivity contribution is -0.0120. The smallest absolute Gasteiger partial charge is 0.0599 e. The highest BCUT2D eigenvalue weighted by atomic mass is 16.5. The first kappa shape index (κ1) is 15.0. The Morgan fingerprint density at radius 3 is 2.90 bits per heavy atom. The lowest BCUT2D eigenvalue weighted by Gasteiger charge is -2.32. The molecule has 0 aliphatic carbocycles. The third-order valence-corrected chi connectivity index (χ3v) is 4.62. The Balaban J connectivity index is 1.38. The van der Waals surface area contributed by atoms with Gasteiger partial charge in [-0.15, -0.1) is 0 Å². The van der Waals surface area contributed by atoms with Crippen LogP contribution in [0.3, 0.4) is 0 Å². The summed E-state index contributed by atoms with van der Waals surface area (Å²) in [6, 6.07) is 2.13. The highest BCUT2D eigenvalue weighted by molar-refractivity contribution is 5.00. The van der Waals surface area contributed by atoms with Crippen molar-refractivity contribution < 1.29 is 9.47 Å². The summed E-state index contributed by atoms with van der Waals surface area (Å²) in [5, 5.41) is 4.34. The molecule has 2 fully saturated rings. The van der Waals surface area contributed by atoms with Gasteiger partial charge < -0.3 is 9.47 Å². The number of hydrogen-bond donors (Lipinski definition) is 0. The monoisotopic (exact) mass is 293 g/mol. The maximum absolute atomic E-state index is 6.07. The van der Waals surface area contributed by atoms with Gasteiger partial charge in [-0.05, 0) is 32.3 Å². The summed E-state index contributed by atoms with van der Waals surface area (Å²) >= 11 is 0. The highest BCUT2D eigenvalue weighted by Crippen LogP contribution is 2.19. The summed E-state index contributed by atoms with van der Waals surface area (Å²) < 4.78 is 13.6. The molecule has 118 valence electrons. The van der Waals surface area contributed by atoms with E-state index in [0.29, 0.717) is 12.0 Å². The van der Waals surface area contributed by atoms with Crippen molar-refractivity contribution >= 4 is 0 Å². The van der Waals surface area contributed by atoms with E-state index in [0.717, 1.165) is 58.8 Å². The van der Waals surface area contributed by atoms with Gasteiger partial charge in [0.1, 0.15) is 0 Å².